The molecule has 2 aromatic rings. The molecule has 1 unspecified atom stereocenters. The number of rotatable bonds is 7. The van der Waals surface area contributed by atoms with Gasteiger partial charge in [-0.05, 0) is 37.2 Å². The first-order valence-corrected chi connectivity index (χ1v) is 8.58. The van der Waals surface area contributed by atoms with E-state index in [0.29, 0.717) is 6.04 Å². The predicted octanol–water partition coefficient (Wildman–Crippen LogP) is 4.02. The highest BCUT2D eigenvalue weighted by Crippen LogP contribution is 2.26. The van der Waals surface area contributed by atoms with Gasteiger partial charge in [0.15, 0.2) is 0 Å². The summed E-state index contributed by atoms with van der Waals surface area (Å²) >= 11 is 5.37. The molecule has 0 fully saturated rings. The lowest BCUT2D eigenvalue weighted by Gasteiger charge is -2.16. The molecule has 0 aliphatic heterocycles. The third-order valence-corrected chi connectivity index (χ3v) is 4.53. The van der Waals surface area contributed by atoms with Gasteiger partial charge in [-0.2, -0.15) is 5.10 Å². The average molecular weight is 354 g/mol. The molecule has 0 aliphatic rings. The number of nitrogens with one attached hydrogen (secondary N) is 1. The molecule has 20 heavy (non-hydrogen) atoms. The average Bonchev–Trinajstić information content (AvgIpc) is 2.85. The Labute approximate surface area is 133 Å². The van der Waals surface area contributed by atoms with Crippen LogP contribution in [-0.4, -0.2) is 22.1 Å². The molecule has 1 aromatic heterocycles. The number of benzene rings is 1. The molecule has 5 heteroatoms. The van der Waals surface area contributed by atoms with Gasteiger partial charge < -0.3 is 5.32 Å². The van der Waals surface area contributed by atoms with Crippen molar-refractivity contribution in [2.45, 2.75) is 24.3 Å². The number of hydrogen-bond acceptors (Lipinski definition) is 3. The van der Waals surface area contributed by atoms with Crippen LogP contribution in [0.25, 0.3) is 0 Å². The third kappa shape index (κ3) is 4.65. The quantitative estimate of drug-likeness (QED) is 0.762. The van der Waals surface area contributed by atoms with Crippen molar-refractivity contribution in [2.75, 3.05) is 12.3 Å². The van der Waals surface area contributed by atoms with Crippen LogP contribution in [-0.2, 0) is 7.05 Å². The van der Waals surface area contributed by atoms with Gasteiger partial charge in [0.2, 0.25) is 0 Å². The van der Waals surface area contributed by atoms with Crippen LogP contribution in [0.2, 0.25) is 0 Å². The molecule has 3 nitrogen and oxygen atoms in total. The Morgan fingerprint density at radius 1 is 1.40 bits per heavy atom. The summed E-state index contributed by atoms with van der Waals surface area (Å²) in [5.74, 6) is 0.980. The van der Waals surface area contributed by atoms with E-state index in [9.17, 15) is 0 Å². The van der Waals surface area contributed by atoms with Crippen molar-refractivity contribution in [2.24, 2.45) is 7.05 Å². The second kappa shape index (κ2) is 7.86. The van der Waals surface area contributed by atoms with Crippen molar-refractivity contribution in [3.63, 3.8) is 0 Å². The number of halogens is 1. The zero-order valence-electron chi connectivity index (χ0n) is 11.8. The van der Waals surface area contributed by atoms with Crippen LogP contribution in [0.15, 0.2) is 45.9 Å². The van der Waals surface area contributed by atoms with Gasteiger partial charge in [-0.3, -0.25) is 4.68 Å². The van der Waals surface area contributed by atoms with Crippen molar-refractivity contribution in [1.82, 2.24) is 15.1 Å². The van der Waals surface area contributed by atoms with Crippen molar-refractivity contribution in [1.29, 1.82) is 0 Å². The molecule has 0 aliphatic carbocycles. The molecular formula is C15H20BrN3S. The molecule has 108 valence electrons. The van der Waals surface area contributed by atoms with Gasteiger partial charge in [-0.1, -0.05) is 28.9 Å². The van der Waals surface area contributed by atoms with Crippen LogP contribution in [0.4, 0.5) is 0 Å². The number of nitrogens with zero attached hydrogens (tertiary/aromatic N) is 2. The van der Waals surface area contributed by atoms with E-state index in [1.54, 1.807) is 0 Å². The maximum Gasteiger partial charge on any atom is 0.0802 e. The van der Waals surface area contributed by atoms with Gasteiger partial charge in [-0.25, -0.2) is 0 Å². The summed E-state index contributed by atoms with van der Waals surface area (Å²) < 4.78 is 2.98. The molecule has 0 amide bonds. The monoisotopic (exact) mass is 353 g/mol. The second-order valence-corrected chi connectivity index (χ2v) is 6.70. The van der Waals surface area contributed by atoms with Gasteiger partial charge >= 0.3 is 0 Å². The van der Waals surface area contributed by atoms with Gasteiger partial charge in [-0.15, -0.1) is 11.8 Å². The number of hydrogen-bond donors (Lipinski definition) is 1. The summed E-state index contributed by atoms with van der Waals surface area (Å²) in [6.07, 6.45) is 3.13. The van der Waals surface area contributed by atoms with Gasteiger partial charge in [0.05, 0.1) is 11.7 Å². The molecule has 2 rings (SSSR count). The van der Waals surface area contributed by atoms with Crippen molar-refractivity contribution in [3.8, 4) is 0 Å². The number of aromatic nitrogens is 2. The molecule has 1 atom stereocenters. The maximum atomic E-state index is 4.53. The van der Waals surface area contributed by atoms with E-state index in [1.165, 1.54) is 4.90 Å². The van der Waals surface area contributed by atoms with Gasteiger partial charge in [0.1, 0.15) is 0 Å². The van der Waals surface area contributed by atoms with Crippen molar-refractivity contribution in [3.05, 3.63) is 46.7 Å². The Kier molecular flexibility index (Phi) is 6.13. The summed E-state index contributed by atoms with van der Waals surface area (Å²) in [4.78, 5) is 1.28. The SMILES string of the molecule is CCCNC(CSc1cccc(Br)c1)c1ccn(C)n1. The van der Waals surface area contributed by atoms with Crippen LogP contribution in [0, 0.1) is 0 Å². The fourth-order valence-corrected chi connectivity index (χ4v) is 3.51. The zero-order chi connectivity index (χ0) is 14.4. The standard InChI is InChI=1S/C15H20BrN3S/c1-3-8-17-15(14-7-9-19(2)18-14)11-20-13-6-4-5-12(16)10-13/h4-7,9-10,15,17H,3,8,11H2,1-2H3. The Balaban J connectivity index is 2.00. The zero-order valence-corrected chi connectivity index (χ0v) is 14.2. The van der Waals surface area contributed by atoms with Crippen molar-refractivity contribution < 1.29 is 0 Å². The summed E-state index contributed by atoms with van der Waals surface area (Å²) in [6.45, 7) is 3.20. The van der Waals surface area contributed by atoms with Crippen LogP contribution in [0.1, 0.15) is 25.1 Å². The lowest BCUT2D eigenvalue weighted by Crippen LogP contribution is -2.24. The van der Waals surface area contributed by atoms with Crippen LogP contribution < -0.4 is 5.32 Å². The second-order valence-electron chi connectivity index (χ2n) is 4.69. The van der Waals surface area contributed by atoms with Crippen LogP contribution in [0.5, 0.6) is 0 Å². The van der Waals surface area contributed by atoms with E-state index in [0.717, 1.165) is 28.9 Å². The van der Waals surface area contributed by atoms with Gasteiger partial charge in [0.25, 0.3) is 0 Å². The Morgan fingerprint density at radius 3 is 2.90 bits per heavy atom. The fraction of sp³-hybridized carbons (Fsp3) is 0.400. The molecule has 0 radical (unpaired) electrons. The van der Waals surface area contributed by atoms with E-state index in [2.05, 4.69) is 63.6 Å². The highest BCUT2D eigenvalue weighted by Gasteiger charge is 2.13. The molecule has 0 saturated heterocycles. The first-order valence-electron chi connectivity index (χ1n) is 6.80. The Bertz CT molecular complexity index is 541. The maximum absolute atomic E-state index is 4.53. The van der Waals surface area contributed by atoms with Crippen LogP contribution >= 0.6 is 27.7 Å². The highest BCUT2D eigenvalue weighted by atomic mass is 79.9. The molecular weight excluding hydrogens is 334 g/mol. The molecule has 1 N–H and O–H groups in total. The first kappa shape index (κ1) is 15.6. The summed E-state index contributed by atoms with van der Waals surface area (Å²) in [7, 11) is 1.96. The molecule has 0 bridgehead atoms. The Morgan fingerprint density at radius 2 is 2.25 bits per heavy atom. The molecule has 0 saturated carbocycles. The van der Waals surface area contributed by atoms with E-state index in [4.69, 9.17) is 0 Å². The number of aryl methyl sites for hydroxylation is 1. The predicted molar refractivity (Wildman–Crippen MR) is 89.1 cm³/mol. The smallest absolute Gasteiger partial charge is 0.0802 e. The Hall–Kier alpha value is -0.780. The van der Waals surface area contributed by atoms with E-state index >= 15 is 0 Å². The third-order valence-electron chi connectivity index (χ3n) is 2.94. The lowest BCUT2D eigenvalue weighted by molar-refractivity contribution is 0.555. The summed E-state index contributed by atoms with van der Waals surface area (Å²) in [5, 5.41) is 8.10. The van der Waals surface area contributed by atoms with Crippen molar-refractivity contribution >= 4 is 27.7 Å². The summed E-state index contributed by atoms with van der Waals surface area (Å²) in [6, 6.07) is 10.8. The number of thioether (sulfide) groups is 1. The van der Waals surface area contributed by atoms with E-state index < -0.39 is 0 Å². The topological polar surface area (TPSA) is 29.9 Å². The summed E-state index contributed by atoms with van der Waals surface area (Å²) in [5.41, 5.74) is 1.11. The fourth-order valence-electron chi connectivity index (χ4n) is 1.92. The molecule has 1 aromatic carbocycles. The highest BCUT2D eigenvalue weighted by molar-refractivity contribution is 9.10. The van der Waals surface area contributed by atoms with Gasteiger partial charge in [0, 0.05) is 28.4 Å². The molecule has 0 spiro atoms. The minimum absolute atomic E-state index is 0.292. The first-order chi connectivity index (χ1) is 9.69. The largest absolute Gasteiger partial charge is 0.308 e. The normalized spacial score (nSPS) is 12.6. The van der Waals surface area contributed by atoms with Crippen LogP contribution in [0.3, 0.4) is 0 Å². The lowest BCUT2D eigenvalue weighted by atomic mass is 10.2. The minimum Gasteiger partial charge on any atom is -0.308 e. The molecule has 1 heterocycles. The van der Waals surface area contributed by atoms with E-state index in [-0.39, 0.29) is 0 Å². The minimum atomic E-state index is 0.292. The van der Waals surface area contributed by atoms with E-state index in [1.807, 2.05) is 29.7 Å².